The smallest absolute Gasteiger partial charge is 0.230 e. The Morgan fingerprint density at radius 3 is 2.50 bits per heavy atom. The highest BCUT2D eigenvalue weighted by atomic mass is 32.2. The Kier molecular flexibility index (Phi) is 6.50. The number of nitrogens with one attached hydrogen (secondary N) is 3. The number of ether oxygens (including phenoxy) is 2. The summed E-state index contributed by atoms with van der Waals surface area (Å²) in [5.41, 5.74) is 9.08. The fraction of sp³-hybridized carbons (Fsp3) is 0.333. The van der Waals surface area contributed by atoms with Crippen molar-refractivity contribution in [2.24, 2.45) is 5.10 Å². The molecule has 10 heteroatoms. The van der Waals surface area contributed by atoms with Gasteiger partial charge in [0.05, 0.1) is 32.1 Å². The first-order valence-corrected chi connectivity index (χ1v) is 12.1. The summed E-state index contributed by atoms with van der Waals surface area (Å²) >= 11 is 1.43. The van der Waals surface area contributed by atoms with Gasteiger partial charge in [-0.15, -0.1) is 0 Å². The number of carbonyl (C=O) groups excluding carboxylic acids is 1. The highest BCUT2D eigenvalue weighted by Crippen LogP contribution is 2.35. The second-order valence-corrected chi connectivity index (χ2v) is 9.19. The van der Waals surface area contributed by atoms with Gasteiger partial charge in [-0.25, -0.2) is 5.43 Å². The van der Waals surface area contributed by atoms with Crippen LogP contribution < -0.4 is 25.6 Å². The van der Waals surface area contributed by atoms with Crippen molar-refractivity contribution in [3.63, 3.8) is 0 Å². The van der Waals surface area contributed by atoms with E-state index in [1.807, 2.05) is 48.8 Å². The number of rotatable bonds is 7. The van der Waals surface area contributed by atoms with Gasteiger partial charge in [0.25, 0.3) is 0 Å². The number of hydrazone groups is 1. The zero-order valence-corrected chi connectivity index (χ0v) is 19.9. The maximum Gasteiger partial charge on any atom is 0.230 e. The molecule has 9 nitrogen and oxygen atoms in total. The van der Waals surface area contributed by atoms with Crippen molar-refractivity contribution in [1.29, 1.82) is 0 Å². The summed E-state index contributed by atoms with van der Waals surface area (Å²) in [6, 6.07) is 16.3. The Balaban J connectivity index is 1.12. The molecule has 3 N–H and O–H groups in total. The highest BCUT2D eigenvalue weighted by molar-refractivity contribution is 8.14. The molecule has 0 radical (unpaired) electrons. The van der Waals surface area contributed by atoms with Crippen LogP contribution in [0.25, 0.3) is 0 Å². The van der Waals surface area contributed by atoms with Gasteiger partial charge in [0.1, 0.15) is 17.7 Å². The molecule has 1 amide bonds. The Hall–Kier alpha value is -3.37. The molecular formula is C24H28N6O3S. The Labute approximate surface area is 203 Å². The number of nitrogens with zero attached hydrogens (tertiary/aromatic N) is 3. The lowest BCUT2D eigenvalue weighted by atomic mass is 10.00. The monoisotopic (exact) mass is 480 g/mol. The number of benzene rings is 2. The molecule has 3 atom stereocenters. The number of hydrogen-bond donors (Lipinski definition) is 3. The average molecular weight is 481 g/mol. The summed E-state index contributed by atoms with van der Waals surface area (Å²) in [7, 11) is 3.31. The average Bonchev–Trinajstić information content (AvgIpc) is 3.50. The Morgan fingerprint density at radius 1 is 1.09 bits per heavy atom. The number of thioether (sulfide) groups is 1. The lowest BCUT2D eigenvalue weighted by Crippen LogP contribution is -2.54. The predicted octanol–water partition coefficient (Wildman–Crippen LogP) is 2.36. The van der Waals surface area contributed by atoms with E-state index in [4.69, 9.17) is 9.47 Å². The van der Waals surface area contributed by atoms with Crippen molar-refractivity contribution in [3.8, 4) is 11.5 Å². The van der Waals surface area contributed by atoms with Crippen molar-refractivity contribution in [2.75, 3.05) is 20.0 Å². The van der Waals surface area contributed by atoms with Gasteiger partial charge in [-0.1, -0.05) is 36.0 Å². The predicted molar refractivity (Wildman–Crippen MR) is 132 cm³/mol. The molecule has 3 unspecified atom stereocenters. The van der Waals surface area contributed by atoms with Gasteiger partial charge >= 0.3 is 0 Å². The van der Waals surface area contributed by atoms with Crippen LogP contribution in [0, 0.1) is 0 Å². The molecule has 0 aliphatic carbocycles. The van der Waals surface area contributed by atoms with Crippen molar-refractivity contribution in [2.45, 2.75) is 31.2 Å². The highest BCUT2D eigenvalue weighted by Gasteiger charge is 2.44. The minimum atomic E-state index is -0.0308. The maximum absolute atomic E-state index is 12.4. The second kappa shape index (κ2) is 9.86. The number of hydrogen-bond acceptors (Lipinski definition) is 9. The molecule has 2 aromatic carbocycles. The Bertz CT molecular complexity index is 1080. The van der Waals surface area contributed by atoms with Crippen LogP contribution in [0.5, 0.6) is 11.5 Å². The van der Waals surface area contributed by atoms with Crippen LogP contribution in [0.1, 0.15) is 23.6 Å². The third kappa shape index (κ3) is 4.64. The van der Waals surface area contributed by atoms with Crippen LogP contribution >= 0.6 is 11.8 Å². The van der Waals surface area contributed by atoms with E-state index in [9.17, 15) is 4.79 Å². The largest absolute Gasteiger partial charge is 0.497 e. The van der Waals surface area contributed by atoms with E-state index in [2.05, 4.69) is 43.3 Å². The number of methoxy groups -OCH3 is 2. The molecular weight excluding hydrogens is 452 g/mol. The first-order valence-electron chi connectivity index (χ1n) is 11.2. The summed E-state index contributed by atoms with van der Waals surface area (Å²) in [4.78, 5) is 14.5. The number of amides is 1. The molecule has 0 spiro atoms. The van der Waals surface area contributed by atoms with Crippen molar-refractivity contribution in [1.82, 2.24) is 26.1 Å². The van der Waals surface area contributed by atoms with E-state index in [0.717, 1.165) is 28.7 Å². The maximum atomic E-state index is 12.4. The number of carbonyl (C=O) groups is 1. The molecule has 34 heavy (non-hydrogen) atoms. The summed E-state index contributed by atoms with van der Waals surface area (Å²) in [5.74, 6) is 1.92. The summed E-state index contributed by atoms with van der Waals surface area (Å²) in [6.07, 6.45) is 5.00. The fourth-order valence-electron chi connectivity index (χ4n) is 4.33. The van der Waals surface area contributed by atoms with Gasteiger partial charge in [0.2, 0.25) is 5.91 Å². The van der Waals surface area contributed by atoms with Crippen molar-refractivity contribution >= 4 is 22.8 Å². The van der Waals surface area contributed by atoms with Gasteiger partial charge in [0, 0.05) is 18.9 Å². The van der Waals surface area contributed by atoms with E-state index in [1.54, 1.807) is 14.2 Å². The van der Waals surface area contributed by atoms with Crippen molar-refractivity contribution in [3.05, 3.63) is 72.1 Å². The third-order valence-corrected chi connectivity index (χ3v) is 7.17. The minimum absolute atomic E-state index is 0.0191. The molecule has 1 saturated heterocycles. The van der Waals surface area contributed by atoms with Crippen LogP contribution in [0.2, 0.25) is 0 Å². The molecule has 3 aliphatic rings. The van der Waals surface area contributed by atoms with Crippen LogP contribution in [0.4, 0.5) is 0 Å². The summed E-state index contributed by atoms with van der Waals surface area (Å²) in [6.45, 7) is 0.482. The first-order chi connectivity index (χ1) is 16.6. The van der Waals surface area contributed by atoms with Crippen LogP contribution in [-0.2, 0) is 11.3 Å². The van der Waals surface area contributed by atoms with Gasteiger partial charge in [-0.2, -0.15) is 5.10 Å². The molecule has 1 fully saturated rings. The zero-order chi connectivity index (χ0) is 23.5. The van der Waals surface area contributed by atoms with Gasteiger partial charge < -0.3 is 24.7 Å². The van der Waals surface area contributed by atoms with E-state index in [0.29, 0.717) is 12.3 Å². The normalized spacial score (nSPS) is 22.5. The quantitative estimate of drug-likeness (QED) is 0.557. The summed E-state index contributed by atoms with van der Waals surface area (Å²) < 4.78 is 10.4. The van der Waals surface area contributed by atoms with E-state index in [-0.39, 0.29) is 24.2 Å². The van der Waals surface area contributed by atoms with E-state index < -0.39 is 0 Å². The van der Waals surface area contributed by atoms with Crippen molar-refractivity contribution < 1.29 is 14.3 Å². The van der Waals surface area contributed by atoms with Crippen LogP contribution in [0.15, 0.2) is 66.0 Å². The standard InChI is InChI=1S/C24H28N6O3S/c1-32-18-7-3-16(4-8-18)14-25-22(31)15-34-24-27-26-23-21-13-20(28-30(21)12-11-29(23)24)17-5-9-19(33-2)10-6-17/h3-12,20-21,23,26,28H,13-15H2,1-2H3,(H,25,31). The zero-order valence-electron chi connectivity index (χ0n) is 19.1. The molecule has 178 valence electrons. The molecule has 5 rings (SSSR count). The molecule has 2 aromatic rings. The Morgan fingerprint density at radius 2 is 1.79 bits per heavy atom. The number of hydrazine groups is 1. The first kappa shape index (κ1) is 22.4. The SMILES string of the molecule is COc1ccc(CNC(=O)CSC2=NNC3C4CC(c5ccc(OC)cc5)NN4C=CN23)cc1. The molecule has 0 bridgehead atoms. The van der Waals surface area contributed by atoms with Crippen LogP contribution in [0.3, 0.4) is 0 Å². The molecule has 0 aromatic heterocycles. The van der Waals surface area contributed by atoms with Gasteiger partial charge in [0.15, 0.2) is 5.17 Å². The minimum Gasteiger partial charge on any atom is -0.497 e. The fourth-order valence-corrected chi connectivity index (χ4v) is 5.13. The van der Waals surface area contributed by atoms with Crippen LogP contribution in [-0.4, -0.2) is 53.2 Å². The molecule has 3 heterocycles. The summed E-state index contributed by atoms with van der Waals surface area (Å²) in [5, 5.41) is 10.4. The second-order valence-electron chi connectivity index (χ2n) is 8.25. The molecule has 3 aliphatic heterocycles. The third-order valence-electron chi connectivity index (χ3n) is 6.20. The van der Waals surface area contributed by atoms with E-state index >= 15 is 0 Å². The molecule has 0 saturated carbocycles. The van der Waals surface area contributed by atoms with Gasteiger partial charge in [-0.05, 0) is 41.8 Å². The van der Waals surface area contributed by atoms with Gasteiger partial charge in [-0.3, -0.25) is 10.2 Å². The lowest BCUT2D eigenvalue weighted by Gasteiger charge is -2.36. The number of fused-ring (bicyclic) bond motifs is 3. The topological polar surface area (TPSA) is 90.5 Å². The lowest BCUT2D eigenvalue weighted by molar-refractivity contribution is -0.118. The number of amidine groups is 1. The van der Waals surface area contributed by atoms with E-state index in [1.165, 1.54) is 17.3 Å².